The van der Waals surface area contributed by atoms with Crippen LogP contribution in [0.1, 0.15) is 6.42 Å². The summed E-state index contributed by atoms with van der Waals surface area (Å²) in [5, 5.41) is 3.97. The van der Waals surface area contributed by atoms with Crippen molar-refractivity contribution in [3.05, 3.63) is 0 Å². The van der Waals surface area contributed by atoms with Gasteiger partial charge in [-0.2, -0.15) is 10.5 Å². The number of hydrogen-bond donors (Lipinski definition) is 3. The number of methoxy groups -OCH3 is 1. The summed E-state index contributed by atoms with van der Waals surface area (Å²) >= 11 is 0. The second-order valence-electron chi connectivity index (χ2n) is 2.59. The first kappa shape index (κ1) is 9.90. The van der Waals surface area contributed by atoms with Crippen LogP contribution in [0, 0.1) is 0 Å². The summed E-state index contributed by atoms with van der Waals surface area (Å²) in [5.74, 6) is 4.46. The maximum Gasteiger partial charge on any atom is 0.307 e. The molecule has 0 aliphatic carbocycles. The minimum atomic E-state index is -0.586. The van der Waals surface area contributed by atoms with Crippen molar-refractivity contribution in [2.45, 2.75) is 12.5 Å². The number of carbonyl (C=O) groups is 2. The van der Waals surface area contributed by atoms with Crippen molar-refractivity contribution in [3.8, 4) is 0 Å². The van der Waals surface area contributed by atoms with Crippen LogP contribution in [-0.4, -0.2) is 36.7 Å². The van der Waals surface area contributed by atoms with Crippen molar-refractivity contribution >= 4 is 11.9 Å². The smallest absolute Gasteiger partial charge is 0.307 e. The highest BCUT2D eigenvalue weighted by Crippen LogP contribution is 2.06. The first-order valence-corrected chi connectivity index (χ1v) is 3.76. The highest BCUT2D eigenvalue weighted by Gasteiger charge is 2.33. The van der Waals surface area contributed by atoms with E-state index < -0.39 is 12.0 Å². The SMILES string of the molecule is COC(=O)CC1C(=O)NCN1NN. The highest BCUT2D eigenvalue weighted by atomic mass is 16.5. The van der Waals surface area contributed by atoms with E-state index in [-0.39, 0.29) is 19.0 Å². The molecule has 1 fully saturated rings. The predicted molar refractivity (Wildman–Crippen MR) is 42.6 cm³/mol. The third-order valence-corrected chi connectivity index (χ3v) is 1.86. The molecule has 1 heterocycles. The fourth-order valence-corrected chi connectivity index (χ4v) is 1.11. The topological polar surface area (TPSA) is 96.7 Å². The van der Waals surface area contributed by atoms with Crippen LogP contribution in [0.15, 0.2) is 0 Å². The summed E-state index contributed by atoms with van der Waals surface area (Å²) in [6, 6.07) is -0.586. The fraction of sp³-hybridized carbons (Fsp3) is 0.667. The van der Waals surface area contributed by atoms with Gasteiger partial charge in [-0.15, -0.1) is 0 Å². The molecular weight excluding hydrogens is 176 g/mol. The van der Waals surface area contributed by atoms with Gasteiger partial charge in [0.1, 0.15) is 6.04 Å². The van der Waals surface area contributed by atoms with Crippen molar-refractivity contribution in [2.75, 3.05) is 13.8 Å². The second kappa shape index (κ2) is 4.17. The number of carbonyl (C=O) groups excluding carboxylic acids is 2. The Morgan fingerprint density at radius 2 is 2.62 bits per heavy atom. The third-order valence-electron chi connectivity index (χ3n) is 1.86. The van der Waals surface area contributed by atoms with Gasteiger partial charge in [-0.1, -0.05) is 0 Å². The quantitative estimate of drug-likeness (QED) is 0.261. The minimum absolute atomic E-state index is 0.00741. The largest absolute Gasteiger partial charge is 0.469 e. The van der Waals surface area contributed by atoms with Crippen molar-refractivity contribution in [1.82, 2.24) is 15.9 Å². The molecule has 1 rings (SSSR count). The molecule has 0 aromatic heterocycles. The van der Waals surface area contributed by atoms with Crippen molar-refractivity contribution in [2.24, 2.45) is 5.84 Å². The zero-order valence-electron chi connectivity index (χ0n) is 7.24. The van der Waals surface area contributed by atoms with E-state index in [9.17, 15) is 9.59 Å². The van der Waals surface area contributed by atoms with Gasteiger partial charge in [0, 0.05) is 0 Å². The maximum absolute atomic E-state index is 11.1. The van der Waals surface area contributed by atoms with Gasteiger partial charge in [0.15, 0.2) is 0 Å². The predicted octanol–water partition coefficient (Wildman–Crippen LogP) is -2.31. The molecule has 1 amide bonds. The number of nitrogens with one attached hydrogen (secondary N) is 2. The van der Waals surface area contributed by atoms with E-state index in [1.54, 1.807) is 0 Å². The Morgan fingerprint density at radius 1 is 1.92 bits per heavy atom. The zero-order valence-corrected chi connectivity index (χ0v) is 7.24. The number of hydrogen-bond acceptors (Lipinski definition) is 6. The summed E-state index contributed by atoms with van der Waals surface area (Å²) in [4.78, 5) is 22.0. The Balaban J connectivity index is 2.54. The molecule has 7 nitrogen and oxygen atoms in total. The lowest BCUT2D eigenvalue weighted by Crippen LogP contribution is -2.48. The van der Waals surface area contributed by atoms with E-state index in [0.717, 1.165) is 0 Å². The number of hydrazine groups is 2. The number of nitrogens with two attached hydrogens (primary N) is 1. The van der Waals surface area contributed by atoms with Gasteiger partial charge in [0.25, 0.3) is 0 Å². The third kappa shape index (κ3) is 2.14. The molecular formula is C6H12N4O3. The molecule has 0 aromatic carbocycles. The molecule has 0 bridgehead atoms. The van der Waals surface area contributed by atoms with Gasteiger partial charge >= 0.3 is 5.97 Å². The molecule has 1 aliphatic rings. The lowest BCUT2D eigenvalue weighted by Gasteiger charge is -2.17. The number of amides is 1. The number of nitrogens with zero attached hydrogens (tertiary/aromatic N) is 1. The summed E-state index contributed by atoms with van der Waals surface area (Å²) in [5.41, 5.74) is 2.32. The molecule has 0 saturated carbocycles. The van der Waals surface area contributed by atoms with Crippen molar-refractivity contribution < 1.29 is 14.3 Å². The Bertz CT molecular complexity index is 220. The molecule has 0 spiro atoms. The van der Waals surface area contributed by atoms with E-state index in [2.05, 4.69) is 15.6 Å². The fourth-order valence-electron chi connectivity index (χ4n) is 1.11. The van der Waals surface area contributed by atoms with Crippen LogP contribution in [0.2, 0.25) is 0 Å². The molecule has 0 aromatic rings. The first-order chi connectivity index (χ1) is 6.19. The van der Waals surface area contributed by atoms with E-state index in [1.807, 2.05) is 0 Å². The Kier molecular flexibility index (Phi) is 3.18. The number of esters is 1. The van der Waals surface area contributed by atoms with Crippen LogP contribution in [0.5, 0.6) is 0 Å². The molecule has 1 atom stereocenters. The Morgan fingerprint density at radius 3 is 3.15 bits per heavy atom. The lowest BCUT2D eigenvalue weighted by atomic mass is 10.2. The zero-order chi connectivity index (χ0) is 9.84. The summed E-state index contributed by atoms with van der Waals surface area (Å²) < 4.78 is 4.44. The summed E-state index contributed by atoms with van der Waals surface area (Å²) in [7, 11) is 1.27. The van der Waals surface area contributed by atoms with Crippen LogP contribution in [0.25, 0.3) is 0 Å². The first-order valence-electron chi connectivity index (χ1n) is 3.76. The normalized spacial score (nSPS) is 22.9. The lowest BCUT2D eigenvalue weighted by molar-refractivity contribution is -0.143. The second-order valence-corrected chi connectivity index (χ2v) is 2.59. The molecule has 4 N–H and O–H groups in total. The maximum atomic E-state index is 11.1. The molecule has 7 heteroatoms. The average molecular weight is 188 g/mol. The van der Waals surface area contributed by atoms with Crippen LogP contribution in [-0.2, 0) is 14.3 Å². The monoisotopic (exact) mass is 188 g/mol. The molecule has 13 heavy (non-hydrogen) atoms. The van der Waals surface area contributed by atoms with Gasteiger partial charge in [0.05, 0.1) is 20.2 Å². The van der Waals surface area contributed by atoms with Gasteiger partial charge in [-0.05, 0) is 0 Å². The highest BCUT2D eigenvalue weighted by molar-refractivity contribution is 5.87. The summed E-state index contributed by atoms with van der Waals surface area (Å²) in [6.45, 7) is 0.289. The Labute approximate surface area is 75.1 Å². The minimum Gasteiger partial charge on any atom is -0.469 e. The Hall–Kier alpha value is -1.18. The number of rotatable bonds is 3. The molecule has 1 unspecified atom stereocenters. The molecule has 1 aliphatic heterocycles. The molecule has 1 saturated heterocycles. The van der Waals surface area contributed by atoms with Gasteiger partial charge in [-0.3, -0.25) is 15.4 Å². The standard InChI is InChI=1S/C6H12N4O3/c1-13-5(11)2-4-6(12)8-3-10(4)9-7/h4,9H,2-3,7H2,1H3,(H,8,12). The van der Waals surface area contributed by atoms with Gasteiger partial charge in [0.2, 0.25) is 5.91 Å². The average Bonchev–Trinajstić information content (AvgIpc) is 2.48. The van der Waals surface area contributed by atoms with Crippen LogP contribution >= 0.6 is 0 Å². The van der Waals surface area contributed by atoms with Crippen LogP contribution in [0.4, 0.5) is 0 Å². The van der Waals surface area contributed by atoms with Gasteiger partial charge in [-0.25, -0.2) is 0 Å². The van der Waals surface area contributed by atoms with E-state index in [4.69, 9.17) is 5.84 Å². The molecule has 74 valence electrons. The van der Waals surface area contributed by atoms with E-state index >= 15 is 0 Å². The number of ether oxygens (including phenoxy) is 1. The van der Waals surface area contributed by atoms with Crippen LogP contribution < -0.4 is 16.7 Å². The van der Waals surface area contributed by atoms with Crippen molar-refractivity contribution in [3.63, 3.8) is 0 Å². The van der Waals surface area contributed by atoms with Gasteiger partial charge < -0.3 is 10.1 Å². The van der Waals surface area contributed by atoms with E-state index in [0.29, 0.717) is 0 Å². The van der Waals surface area contributed by atoms with Crippen LogP contribution in [0.3, 0.4) is 0 Å². The summed E-state index contributed by atoms with van der Waals surface area (Å²) in [6.07, 6.45) is -0.00741. The molecule has 0 radical (unpaired) electrons. The van der Waals surface area contributed by atoms with Crippen molar-refractivity contribution in [1.29, 1.82) is 0 Å². The van der Waals surface area contributed by atoms with E-state index in [1.165, 1.54) is 12.1 Å².